The Morgan fingerprint density at radius 3 is 2.58 bits per heavy atom. The molecule has 1 unspecified atom stereocenters. The molecule has 1 saturated heterocycles. The highest BCUT2D eigenvalue weighted by atomic mass is 16.6. The summed E-state index contributed by atoms with van der Waals surface area (Å²) >= 11 is 0. The molecule has 1 heterocycles. The van der Waals surface area contributed by atoms with Crippen molar-refractivity contribution in [2.75, 3.05) is 20.3 Å². The topological polar surface area (TPSA) is 71.1 Å². The molecule has 0 N–H and O–H groups in total. The maximum atomic E-state index is 11.5. The molecule has 0 spiro atoms. The molecule has 0 bridgehead atoms. The summed E-state index contributed by atoms with van der Waals surface area (Å²) in [6, 6.07) is 6.79. The smallest absolute Gasteiger partial charge is 0.347 e. The van der Waals surface area contributed by atoms with E-state index in [9.17, 15) is 9.59 Å². The van der Waals surface area contributed by atoms with E-state index in [1.54, 1.807) is 31.4 Å². The lowest BCUT2D eigenvalue weighted by Crippen LogP contribution is -2.26. The quantitative estimate of drug-likeness (QED) is 0.738. The number of esters is 2. The van der Waals surface area contributed by atoms with E-state index in [2.05, 4.69) is 4.74 Å². The predicted molar refractivity (Wildman–Crippen MR) is 63.9 cm³/mol. The average Bonchev–Trinajstić information content (AvgIpc) is 2.82. The summed E-state index contributed by atoms with van der Waals surface area (Å²) in [5, 5.41) is 0. The first kappa shape index (κ1) is 13.2. The SMILES string of the molecule is COc1ccc(OCC(=O)OC2CCOC2=O)cc1. The summed E-state index contributed by atoms with van der Waals surface area (Å²) in [5.74, 6) is 0.118. The van der Waals surface area contributed by atoms with Gasteiger partial charge in [-0.05, 0) is 24.3 Å². The summed E-state index contributed by atoms with van der Waals surface area (Å²) in [6.45, 7) is 0.0340. The third kappa shape index (κ3) is 3.61. The van der Waals surface area contributed by atoms with Crippen LogP contribution in [0.5, 0.6) is 11.5 Å². The predicted octanol–water partition coefficient (Wildman–Crippen LogP) is 0.933. The van der Waals surface area contributed by atoms with Crippen LogP contribution in [0.1, 0.15) is 6.42 Å². The lowest BCUT2D eigenvalue weighted by atomic mass is 10.3. The molecule has 0 amide bonds. The molecule has 0 aliphatic carbocycles. The third-order valence-corrected chi connectivity index (χ3v) is 2.58. The van der Waals surface area contributed by atoms with E-state index in [0.29, 0.717) is 17.9 Å². The third-order valence-electron chi connectivity index (χ3n) is 2.58. The Balaban J connectivity index is 1.77. The van der Waals surface area contributed by atoms with Crippen LogP contribution < -0.4 is 9.47 Å². The van der Waals surface area contributed by atoms with Crippen molar-refractivity contribution >= 4 is 11.9 Å². The molecule has 1 aromatic rings. The summed E-state index contributed by atoms with van der Waals surface area (Å²) in [5.41, 5.74) is 0. The minimum absolute atomic E-state index is 0.254. The lowest BCUT2D eigenvalue weighted by Gasteiger charge is -2.09. The van der Waals surface area contributed by atoms with Crippen molar-refractivity contribution in [2.24, 2.45) is 0 Å². The van der Waals surface area contributed by atoms with E-state index in [1.807, 2.05) is 0 Å². The first-order valence-electron chi connectivity index (χ1n) is 5.82. The van der Waals surface area contributed by atoms with Gasteiger partial charge in [0.15, 0.2) is 6.61 Å². The summed E-state index contributed by atoms with van der Waals surface area (Å²) in [4.78, 5) is 22.6. The molecule has 6 heteroatoms. The Labute approximate surface area is 110 Å². The van der Waals surface area contributed by atoms with Crippen molar-refractivity contribution in [1.29, 1.82) is 0 Å². The maximum absolute atomic E-state index is 11.5. The van der Waals surface area contributed by atoms with Gasteiger partial charge in [0.2, 0.25) is 6.10 Å². The summed E-state index contributed by atoms with van der Waals surface area (Å²) in [6.07, 6.45) is -0.403. The van der Waals surface area contributed by atoms with Crippen LogP contribution in [0.15, 0.2) is 24.3 Å². The van der Waals surface area contributed by atoms with E-state index >= 15 is 0 Å². The number of ether oxygens (including phenoxy) is 4. The first-order valence-corrected chi connectivity index (χ1v) is 5.82. The van der Waals surface area contributed by atoms with Crippen LogP contribution in [0.25, 0.3) is 0 Å². The van der Waals surface area contributed by atoms with Crippen LogP contribution in [0.4, 0.5) is 0 Å². The standard InChI is InChI=1S/C13H14O6/c1-16-9-2-4-10(5-3-9)18-8-12(14)19-11-6-7-17-13(11)15/h2-5,11H,6-8H2,1H3. The van der Waals surface area contributed by atoms with Gasteiger partial charge < -0.3 is 18.9 Å². The van der Waals surface area contributed by atoms with Gasteiger partial charge in [0.1, 0.15) is 11.5 Å². The molecule has 6 nitrogen and oxygen atoms in total. The molecule has 0 saturated carbocycles. The van der Waals surface area contributed by atoms with Crippen LogP contribution in [-0.2, 0) is 19.1 Å². The van der Waals surface area contributed by atoms with Gasteiger partial charge in [-0.3, -0.25) is 0 Å². The molecule has 1 aromatic carbocycles. The highest BCUT2D eigenvalue weighted by molar-refractivity contribution is 5.81. The minimum atomic E-state index is -0.799. The number of methoxy groups -OCH3 is 1. The summed E-state index contributed by atoms with van der Waals surface area (Å²) in [7, 11) is 1.56. The van der Waals surface area contributed by atoms with Crippen molar-refractivity contribution in [3.05, 3.63) is 24.3 Å². The Bertz CT molecular complexity index is 453. The monoisotopic (exact) mass is 266 g/mol. The number of carbonyl (C=O) groups is 2. The second-order valence-electron chi connectivity index (χ2n) is 3.90. The van der Waals surface area contributed by atoms with Crippen LogP contribution in [0.3, 0.4) is 0 Å². The number of benzene rings is 1. The van der Waals surface area contributed by atoms with E-state index in [4.69, 9.17) is 14.2 Å². The molecule has 2 rings (SSSR count). The van der Waals surface area contributed by atoms with E-state index in [1.165, 1.54) is 0 Å². The molecule has 1 atom stereocenters. The van der Waals surface area contributed by atoms with Gasteiger partial charge >= 0.3 is 11.9 Å². The molecule has 102 valence electrons. The Hall–Kier alpha value is -2.24. The average molecular weight is 266 g/mol. The first-order chi connectivity index (χ1) is 9.19. The maximum Gasteiger partial charge on any atom is 0.347 e. The van der Waals surface area contributed by atoms with E-state index in [-0.39, 0.29) is 13.2 Å². The fraction of sp³-hybridized carbons (Fsp3) is 0.385. The Morgan fingerprint density at radius 1 is 1.32 bits per heavy atom. The zero-order chi connectivity index (χ0) is 13.7. The fourth-order valence-corrected chi connectivity index (χ4v) is 1.59. The van der Waals surface area contributed by atoms with Crippen molar-refractivity contribution < 1.29 is 28.5 Å². The van der Waals surface area contributed by atoms with Crippen LogP contribution >= 0.6 is 0 Å². The van der Waals surface area contributed by atoms with Gasteiger partial charge in [-0.25, -0.2) is 9.59 Å². The zero-order valence-corrected chi connectivity index (χ0v) is 10.5. The second kappa shape index (κ2) is 6.08. The number of hydrogen-bond donors (Lipinski definition) is 0. The highest BCUT2D eigenvalue weighted by Gasteiger charge is 2.30. The van der Waals surface area contributed by atoms with E-state index < -0.39 is 18.0 Å². The molecule has 1 fully saturated rings. The van der Waals surface area contributed by atoms with Gasteiger partial charge in [0.25, 0.3) is 0 Å². The van der Waals surface area contributed by atoms with Crippen LogP contribution in [-0.4, -0.2) is 38.4 Å². The van der Waals surface area contributed by atoms with Crippen molar-refractivity contribution in [2.45, 2.75) is 12.5 Å². The summed E-state index contributed by atoms with van der Waals surface area (Å²) < 4.78 is 19.8. The number of rotatable bonds is 5. The van der Waals surface area contributed by atoms with Gasteiger partial charge in [-0.2, -0.15) is 0 Å². The molecule has 1 aliphatic rings. The van der Waals surface area contributed by atoms with Crippen LogP contribution in [0, 0.1) is 0 Å². The Kier molecular flexibility index (Phi) is 4.22. The van der Waals surface area contributed by atoms with Gasteiger partial charge in [-0.1, -0.05) is 0 Å². The molecule has 0 aromatic heterocycles. The van der Waals surface area contributed by atoms with Crippen LogP contribution in [0.2, 0.25) is 0 Å². The van der Waals surface area contributed by atoms with Crippen molar-refractivity contribution in [3.63, 3.8) is 0 Å². The zero-order valence-electron chi connectivity index (χ0n) is 10.5. The minimum Gasteiger partial charge on any atom is -0.497 e. The fourth-order valence-electron chi connectivity index (χ4n) is 1.59. The number of hydrogen-bond acceptors (Lipinski definition) is 6. The molecule has 0 radical (unpaired) electrons. The second-order valence-corrected chi connectivity index (χ2v) is 3.90. The highest BCUT2D eigenvalue weighted by Crippen LogP contribution is 2.17. The van der Waals surface area contributed by atoms with Crippen molar-refractivity contribution in [1.82, 2.24) is 0 Å². The Morgan fingerprint density at radius 2 is 2.00 bits per heavy atom. The molecular weight excluding hydrogens is 252 g/mol. The van der Waals surface area contributed by atoms with E-state index in [0.717, 1.165) is 0 Å². The lowest BCUT2D eigenvalue weighted by molar-refractivity contribution is -0.161. The number of carbonyl (C=O) groups excluding carboxylic acids is 2. The number of cyclic esters (lactones) is 1. The molecule has 1 aliphatic heterocycles. The largest absolute Gasteiger partial charge is 0.497 e. The van der Waals surface area contributed by atoms with Crippen molar-refractivity contribution in [3.8, 4) is 11.5 Å². The molecule has 19 heavy (non-hydrogen) atoms. The normalized spacial score (nSPS) is 17.7. The van der Waals surface area contributed by atoms with Gasteiger partial charge in [0, 0.05) is 6.42 Å². The van der Waals surface area contributed by atoms with Gasteiger partial charge in [0.05, 0.1) is 13.7 Å². The van der Waals surface area contributed by atoms with Gasteiger partial charge in [-0.15, -0.1) is 0 Å². The molecular formula is C13H14O6.